The van der Waals surface area contributed by atoms with Crippen molar-refractivity contribution in [1.82, 2.24) is 24.9 Å². The number of halogens is 1. The lowest BCUT2D eigenvalue weighted by Gasteiger charge is -2.12. The third kappa shape index (κ3) is 4.63. The van der Waals surface area contributed by atoms with E-state index in [2.05, 4.69) is 25.6 Å². The normalized spacial score (nSPS) is 11.6. The van der Waals surface area contributed by atoms with Crippen molar-refractivity contribution in [1.29, 1.82) is 0 Å². The standard InChI is InChI=1S/C18H19FN6O3S/c1-11(2)22-29(27,28)15-6-4-5-13(9-15)18(26)20-17-10-14(7-8-16(17)19)25-12(3)21-23-24-25/h4-11,22H,1-3H3,(H,20,26). The summed E-state index contributed by atoms with van der Waals surface area (Å²) in [6.07, 6.45) is 0. The monoisotopic (exact) mass is 418 g/mol. The molecule has 0 saturated heterocycles. The van der Waals surface area contributed by atoms with Crippen molar-refractivity contribution in [2.45, 2.75) is 31.7 Å². The van der Waals surface area contributed by atoms with Gasteiger partial charge >= 0.3 is 0 Å². The first kappa shape index (κ1) is 20.6. The number of nitrogens with zero attached hydrogens (tertiary/aromatic N) is 4. The topological polar surface area (TPSA) is 119 Å². The van der Waals surface area contributed by atoms with Crippen molar-refractivity contribution >= 4 is 21.6 Å². The molecule has 0 aliphatic heterocycles. The number of aromatic nitrogens is 4. The fourth-order valence-corrected chi connectivity index (χ4v) is 3.88. The number of carbonyl (C=O) groups is 1. The SMILES string of the molecule is Cc1nnnn1-c1ccc(F)c(NC(=O)c2cccc(S(=O)(=O)NC(C)C)c2)c1. The summed E-state index contributed by atoms with van der Waals surface area (Å²) in [6.45, 7) is 5.06. The molecule has 0 aliphatic rings. The summed E-state index contributed by atoms with van der Waals surface area (Å²) in [7, 11) is -3.77. The minimum Gasteiger partial charge on any atom is -0.319 e. The zero-order chi connectivity index (χ0) is 21.2. The van der Waals surface area contributed by atoms with E-state index in [0.29, 0.717) is 11.5 Å². The third-order valence-corrected chi connectivity index (χ3v) is 5.52. The number of sulfonamides is 1. The Balaban J connectivity index is 1.88. The molecule has 152 valence electrons. The number of rotatable bonds is 6. The van der Waals surface area contributed by atoms with Gasteiger partial charge in [-0.05, 0) is 67.6 Å². The van der Waals surface area contributed by atoms with E-state index in [0.717, 1.165) is 0 Å². The smallest absolute Gasteiger partial charge is 0.255 e. The summed E-state index contributed by atoms with van der Waals surface area (Å²) in [4.78, 5) is 12.5. The van der Waals surface area contributed by atoms with Crippen LogP contribution in [0.1, 0.15) is 30.0 Å². The lowest BCUT2D eigenvalue weighted by Crippen LogP contribution is -2.30. The molecule has 0 bridgehead atoms. The Morgan fingerprint density at radius 2 is 1.93 bits per heavy atom. The van der Waals surface area contributed by atoms with Crippen LogP contribution in [0.25, 0.3) is 5.69 Å². The van der Waals surface area contributed by atoms with Gasteiger partial charge in [-0.2, -0.15) is 4.68 Å². The van der Waals surface area contributed by atoms with E-state index in [4.69, 9.17) is 0 Å². The van der Waals surface area contributed by atoms with Gasteiger partial charge in [-0.25, -0.2) is 17.5 Å². The predicted molar refractivity (Wildman–Crippen MR) is 104 cm³/mol. The van der Waals surface area contributed by atoms with Crippen molar-refractivity contribution in [2.75, 3.05) is 5.32 Å². The van der Waals surface area contributed by atoms with Crippen LogP contribution in [0.4, 0.5) is 10.1 Å². The van der Waals surface area contributed by atoms with Gasteiger partial charge in [-0.3, -0.25) is 4.79 Å². The van der Waals surface area contributed by atoms with Crippen LogP contribution in [0, 0.1) is 12.7 Å². The largest absolute Gasteiger partial charge is 0.319 e. The zero-order valence-electron chi connectivity index (χ0n) is 15.9. The molecule has 3 rings (SSSR count). The molecule has 11 heteroatoms. The van der Waals surface area contributed by atoms with Gasteiger partial charge in [-0.1, -0.05) is 6.07 Å². The molecule has 0 spiro atoms. The summed E-state index contributed by atoms with van der Waals surface area (Å²) in [6, 6.07) is 9.23. The predicted octanol–water partition coefficient (Wildman–Crippen LogP) is 2.05. The minimum absolute atomic E-state index is 0.0580. The molecule has 29 heavy (non-hydrogen) atoms. The fourth-order valence-electron chi connectivity index (χ4n) is 2.59. The van der Waals surface area contributed by atoms with Gasteiger partial charge in [0.05, 0.1) is 16.3 Å². The first-order valence-corrected chi connectivity index (χ1v) is 10.1. The van der Waals surface area contributed by atoms with E-state index >= 15 is 0 Å². The molecule has 0 saturated carbocycles. The van der Waals surface area contributed by atoms with E-state index in [1.165, 1.54) is 47.1 Å². The van der Waals surface area contributed by atoms with E-state index < -0.39 is 21.7 Å². The molecule has 0 fully saturated rings. The molecule has 1 amide bonds. The summed E-state index contributed by atoms with van der Waals surface area (Å²) < 4.78 is 42.7. The molecule has 0 aliphatic carbocycles. The molecular weight excluding hydrogens is 399 g/mol. The van der Waals surface area contributed by atoms with Crippen LogP contribution < -0.4 is 10.0 Å². The number of aryl methyl sites for hydroxylation is 1. The highest BCUT2D eigenvalue weighted by molar-refractivity contribution is 7.89. The first-order chi connectivity index (χ1) is 13.7. The number of hydrogen-bond acceptors (Lipinski definition) is 6. The number of carbonyl (C=O) groups excluding carboxylic acids is 1. The summed E-state index contributed by atoms with van der Waals surface area (Å²) in [5, 5.41) is 13.6. The van der Waals surface area contributed by atoms with Gasteiger partial charge in [0, 0.05) is 11.6 Å². The van der Waals surface area contributed by atoms with Crippen molar-refractivity contribution < 1.29 is 17.6 Å². The van der Waals surface area contributed by atoms with Gasteiger partial charge < -0.3 is 5.32 Å². The minimum atomic E-state index is -3.77. The zero-order valence-corrected chi connectivity index (χ0v) is 16.7. The summed E-state index contributed by atoms with van der Waals surface area (Å²) in [5.41, 5.74) is 0.442. The maximum atomic E-state index is 14.2. The maximum absolute atomic E-state index is 14.2. The second-order valence-electron chi connectivity index (χ2n) is 6.56. The quantitative estimate of drug-likeness (QED) is 0.632. The Hall–Kier alpha value is -3.18. The maximum Gasteiger partial charge on any atom is 0.255 e. The highest BCUT2D eigenvalue weighted by Gasteiger charge is 2.18. The molecule has 2 N–H and O–H groups in total. The number of hydrogen-bond donors (Lipinski definition) is 2. The summed E-state index contributed by atoms with van der Waals surface area (Å²) in [5.74, 6) is -0.821. The van der Waals surface area contributed by atoms with E-state index in [9.17, 15) is 17.6 Å². The average Bonchev–Trinajstić information content (AvgIpc) is 3.08. The second-order valence-corrected chi connectivity index (χ2v) is 8.27. The van der Waals surface area contributed by atoms with Crippen LogP contribution in [0.2, 0.25) is 0 Å². The number of benzene rings is 2. The Morgan fingerprint density at radius 3 is 2.59 bits per heavy atom. The molecule has 0 atom stereocenters. The third-order valence-electron chi connectivity index (χ3n) is 3.87. The van der Waals surface area contributed by atoms with E-state index in [1.807, 2.05) is 0 Å². The van der Waals surface area contributed by atoms with Gasteiger partial charge in [0.1, 0.15) is 5.82 Å². The highest BCUT2D eigenvalue weighted by Crippen LogP contribution is 2.20. The Labute approximate surface area is 167 Å². The van der Waals surface area contributed by atoms with Gasteiger partial charge in [-0.15, -0.1) is 5.10 Å². The molecule has 2 aromatic carbocycles. The molecule has 1 heterocycles. The average molecular weight is 418 g/mol. The molecule has 0 unspecified atom stereocenters. The van der Waals surface area contributed by atoms with Crippen LogP contribution in [-0.4, -0.2) is 40.6 Å². The second kappa shape index (κ2) is 8.05. The van der Waals surface area contributed by atoms with Crippen molar-refractivity contribution in [3.63, 3.8) is 0 Å². The van der Waals surface area contributed by atoms with Crippen LogP contribution in [0.15, 0.2) is 47.4 Å². The first-order valence-electron chi connectivity index (χ1n) is 8.66. The Kier molecular flexibility index (Phi) is 5.71. The van der Waals surface area contributed by atoms with Crippen molar-refractivity contribution in [2.24, 2.45) is 0 Å². The van der Waals surface area contributed by atoms with Gasteiger partial charge in [0.2, 0.25) is 10.0 Å². The van der Waals surface area contributed by atoms with Crippen molar-refractivity contribution in [3.05, 3.63) is 59.7 Å². The lowest BCUT2D eigenvalue weighted by molar-refractivity contribution is 0.102. The van der Waals surface area contributed by atoms with Crippen LogP contribution in [0.5, 0.6) is 0 Å². The molecule has 9 nitrogen and oxygen atoms in total. The number of nitrogens with one attached hydrogen (secondary N) is 2. The molecular formula is C18H19FN6O3S. The van der Waals surface area contributed by atoms with E-state index in [1.54, 1.807) is 20.8 Å². The number of amides is 1. The van der Waals surface area contributed by atoms with Gasteiger partial charge in [0.25, 0.3) is 5.91 Å². The number of tetrazole rings is 1. The van der Waals surface area contributed by atoms with Crippen molar-refractivity contribution in [3.8, 4) is 5.69 Å². The van der Waals surface area contributed by atoms with Crippen LogP contribution >= 0.6 is 0 Å². The van der Waals surface area contributed by atoms with Crippen LogP contribution in [-0.2, 0) is 10.0 Å². The lowest BCUT2D eigenvalue weighted by atomic mass is 10.2. The van der Waals surface area contributed by atoms with E-state index in [-0.39, 0.29) is 22.2 Å². The molecule has 1 aromatic heterocycles. The Bertz CT molecular complexity index is 1160. The summed E-state index contributed by atoms with van der Waals surface area (Å²) >= 11 is 0. The molecule has 0 radical (unpaired) electrons. The molecule has 3 aromatic rings. The fraction of sp³-hybridized carbons (Fsp3) is 0.222. The van der Waals surface area contributed by atoms with Crippen LogP contribution in [0.3, 0.4) is 0 Å². The number of anilines is 1. The van der Waals surface area contributed by atoms with Gasteiger partial charge in [0.15, 0.2) is 5.82 Å². The highest BCUT2D eigenvalue weighted by atomic mass is 32.2. The Morgan fingerprint density at radius 1 is 1.17 bits per heavy atom.